The lowest BCUT2D eigenvalue weighted by Crippen LogP contribution is -2.22. The van der Waals surface area contributed by atoms with Crippen molar-refractivity contribution >= 4 is 11.6 Å². The molecule has 0 fully saturated rings. The van der Waals surface area contributed by atoms with Gasteiger partial charge in [-0.15, -0.1) is 11.8 Å². The number of benzene rings is 1. The Morgan fingerprint density at radius 3 is 2.78 bits per heavy atom. The topological polar surface area (TPSA) is 12.0 Å². The van der Waals surface area contributed by atoms with Gasteiger partial charge in [-0.2, -0.15) is 0 Å². The normalized spacial score (nSPS) is 11.8. The van der Waals surface area contributed by atoms with E-state index in [1.165, 1.54) is 11.1 Å². The molecular formula is C16H22ClN. The van der Waals surface area contributed by atoms with Crippen LogP contribution in [0.1, 0.15) is 50.3 Å². The summed E-state index contributed by atoms with van der Waals surface area (Å²) in [5.74, 6) is 6.10. The standard InChI is InChI=1S/C16H22ClN/c1-4-6-7-8-16(18-11-5-2)15-10-9-14(17)12-13(15)3/h9-10,12,16,18H,5,7-8,11H2,1-3H3. The van der Waals surface area contributed by atoms with E-state index < -0.39 is 0 Å². The average Bonchev–Trinajstić information content (AvgIpc) is 2.34. The molecule has 1 nitrogen and oxygen atoms in total. The van der Waals surface area contributed by atoms with E-state index in [1.807, 2.05) is 19.1 Å². The molecule has 18 heavy (non-hydrogen) atoms. The Bertz CT molecular complexity index is 428. The second kappa shape index (κ2) is 8.19. The highest BCUT2D eigenvalue weighted by molar-refractivity contribution is 6.30. The fourth-order valence-electron chi connectivity index (χ4n) is 2.06. The number of halogens is 1. The molecule has 1 aromatic carbocycles. The maximum absolute atomic E-state index is 6.01. The molecule has 1 unspecified atom stereocenters. The first kappa shape index (κ1) is 15.1. The highest BCUT2D eigenvalue weighted by atomic mass is 35.5. The summed E-state index contributed by atoms with van der Waals surface area (Å²) in [6.07, 6.45) is 3.12. The van der Waals surface area contributed by atoms with Crippen LogP contribution in [0.4, 0.5) is 0 Å². The summed E-state index contributed by atoms with van der Waals surface area (Å²) in [5, 5.41) is 4.40. The van der Waals surface area contributed by atoms with Crippen LogP contribution in [-0.4, -0.2) is 6.54 Å². The van der Waals surface area contributed by atoms with E-state index in [0.29, 0.717) is 6.04 Å². The maximum Gasteiger partial charge on any atom is 0.0408 e. The molecule has 0 saturated carbocycles. The minimum Gasteiger partial charge on any atom is -0.310 e. The van der Waals surface area contributed by atoms with Gasteiger partial charge in [-0.1, -0.05) is 24.6 Å². The van der Waals surface area contributed by atoms with E-state index in [4.69, 9.17) is 11.6 Å². The largest absolute Gasteiger partial charge is 0.310 e. The molecule has 0 radical (unpaired) electrons. The fraction of sp³-hybridized carbons (Fsp3) is 0.500. The third-order valence-corrected chi connectivity index (χ3v) is 3.22. The Hall–Kier alpha value is -0.970. The summed E-state index contributed by atoms with van der Waals surface area (Å²) >= 11 is 6.01. The van der Waals surface area contributed by atoms with Crippen molar-refractivity contribution < 1.29 is 0 Å². The van der Waals surface area contributed by atoms with Gasteiger partial charge in [-0.3, -0.25) is 0 Å². The van der Waals surface area contributed by atoms with E-state index in [0.717, 1.165) is 30.8 Å². The van der Waals surface area contributed by atoms with Gasteiger partial charge in [0.05, 0.1) is 0 Å². The molecule has 2 heteroatoms. The van der Waals surface area contributed by atoms with Crippen molar-refractivity contribution in [2.75, 3.05) is 6.54 Å². The summed E-state index contributed by atoms with van der Waals surface area (Å²) in [6, 6.07) is 6.51. The van der Waals surface area contributed by atoms with Crippen LogP contribution in [0.25, 0.3) is 0 Å². The van der Waals surface area contributed by atoms with E-state index in [-0.39, 0.29) is 0 Å². The maximum atomic E-state index is 6.01. The third kappa shape index (κ3) is 4.72. The Morgan fingerprint density at radius 2 is 2.17 bits per heavy atom. The summed E-state index contributed by atoms with van der Waals surface area (Å²) in [4.78, 5) is 0. The van der Waals surface area contributed by atoms with E-state index >= 15 is 0 Å². The zero-order valence-electron chi connectivity index (χ0n) is 11.5. The molecular weight excluding hydrogens is 242 g/mol. The van der Waals surface area contributed by atoms with Gasteiger partial charge in [-0.25, -0.2) is 0 Å². The summed E-state index contributed by atoms with van der Waals surface area (Å²) in [7, 11) is 0. The molecule has 0 aliphatic heterocycles. The molecule has 0 aliphatic carbocycles. The van der Waals surface area contributed by atoms with Crippen LogP contribution in [0.15, 0.2) is 18.2 Å². The van der Waals surface area contributed by atoms with Crippen LogP contribution in [0.2, 0.25) is 5.02 Å². The molecule has 0 aliphatic rings. The second-order valence-corrected chi connectivity index (χ2v) is 4.91. The summed E-state index contributed by atoms with van der Waals surface area (Å²) < 4.78 is 0. The average molecular weight is 264 g/mol. The van der Waals surface area contributed by atoms with E-state index in [2.05, 4.69) is 37.1 Å². The van der Waals surface area contributed by atoms with Crippen molar-refractivity contribution in [2.45, 2.75) is 46.1 Å². The van der Waals surface area contributed by atoms with Crippen molar-refractivity contribution in [1.29, 1.82) is 0 Å². The van der Waals surface area contributed by atoms with Crippen LogP contribution in [0, 0.1) is 18.8 Å². The number of hydrogen-bond acceptors (Lipinski definition) is 1. The molecule has 1 N–H and O–H groups in total. The molecule has 0 spiro atoms. The highest BCUT2D eigenvalue weighted by Gasteiger charge is 2.12. The minimum atomic E-state index is 0.378. The predicted octanol–water partition coefficient (Wildman–Crippen LogP) is 4.49. The Kier molecular flexibility index (Phi) is 6.86. The van der Waals surface area contributed by atoms with E-state index in [9.17, 15) is 0 Å². The summed E-state index contributed by atoms with van der Waals surface area (Å²) in [5.41, 5.74) is 2.59. The fourth-order valence-corrected chi connectivity index (χ4v) is 2.28. The van der Waals surface area contributed by atoms with Gasteiger partial charge in [0.25, 0.3) is 0 Å². The quantitative estimate of drug-likeness (QED) is 0.746. The van der Waals surface area contributed by atoms with Gasteiger partial charge in [0.15, 0.2) is 0 Å². The van der Waals surface area contributed by atoms with Crippen LogP contribution < -0.4 is 5.32 Å². The van der Waals surface area contributed by atoms with Gasteiger partial charge in [-0.05, 0) is 56.5 Å². The summed E-state index contributed by atoms with van der Waals surface area (Å²) in [6.45, 7) is 7.23. The number of hydrogen-bond donors (Lipinski definition) is 1. The lowest BCUT2D eigenvalue weighted by molar-refractivity contribution is 0.503. The molecule has 0 aromatic heterocycles. The monoisotopic (exact) mass is 263 g/mol. The zero-order valence-corrected chi connectivity index (χ0v) is 12.3. The molecule has 1 rings (SSSR count). The molecule has 1 aromatic rings. The number of rotatable bonds is 6. The van der Waals surface area contributed by atoms with Gasteiger partial charge in [0.2, 0.25) is 0 Å². The minimum absolute atomic E-state index is 0.378. The smallest absolute Gasteiger partial charge is 0.0408 e. The number of nitrogens with one attached hydrogen (secondary N) is 1. The van der Waals surface area contributed by atoms with Crippen LogP contribution >= 0.6 is 11.6 Å². The van der Waals surface area contributed by atoms with Crippen molar-refractivity contribution in [3.8, 4) is 11.8 Å². The predicted molar refractivity (Wildman–Crippen MR) is 79.9 cm³/mol. The molecule has 1 atom stereocenters. The van der Waals surface area contributed by atoms with Crippen molar-refractivity contribution in [1.82, 2.24) is 5.32 Å². The first-order chi connectivity index (χ1) is 8.69. The molecule has 0 amide bonds. The van der Waals surface area contributed by atoms with Gasteiger partial charge in [0, 0.05) is 17.5 Å². The first-order valence-corrected chi connectivity index (χ1v) is 6.95. The second-order valence-electron chi connectivity index (χ2n) is 4.47. The van der Waals surface area contributed by atoms with Crippen molar-refractivity contribution in [2.24, 2.45) is 0 Å². The zero-order chi connectivity index (χ0) is 13.4. The Labute approximate surface area is 116 Å². The van der Waals surface area contributed by atoms with Crippen molar-refractivity contribution in [3.05, 3.63) is 34.3 Å². The lowest BCUT2D eigenvalue weighted by atomic mass is 9.97. The van der Waals surface area contributed by atoms with Gasteiger partial charge in [0.1, 0.15) is 0 Å². The van der Waals surface area contributed by atoms with Crippen molar-refractivity contribution in [3.63, 3.8) is 0 Å². The highest BCUT2D eigenvalue weighted by Crippen LogP contribution is 2.24. The van der Waals surface area contributed by atoms with Gasteiger partial charge < -0.3 is 5.32 Å². The van der Waals surface area contributed by atoms with E-state index in [1.54, 1.807) is 0 Å². The molecule has 0 bridgehead atoms. The van der Waals surface area contributed by atoms with Crippen LogP contribution in [-0.2, 0) is 0 Å². The molecule has 98 valence electrons. The van der Waals surface area contributed by atoms with Gasteiger partial charge >= 0.3 is 0 Å². The van der Waals surface area contributed by atoms with Crippen LogP contribution in [0.5, 0.6) is 0 Å². The Morgan fingerprint density at radius 1 is 1.39 bits per heavy atom. The number of aryl methyl sites for hydroxylation is 1. The Balaban J connectivity index is 2.81. The third-order valence-electron chi connectivity index (χ3n) is 2.98. The van der Waals surface area contributed by atoms with Crippen LogP contribution in [0.3, 0.4) is 0 Å². The lowest BCUT2D eigenvalue weighted by Gasteiger charge is -2.20. The SMILES string of the molecule is CC#CCCC(NCCC)c1ccc(Cl)cc1C. The molecule has 0 saturated heterocycles. The first-order valence-electron chi connectivity index (χ1n) is 6.58. The molecule has 0 heterocycles.